The van der Waals surface area contributed by atoms with Gasteiger partial charge in [-0.05, 0) is 78.6 Å². The molecule has 0 bridgehead atoms. The van der Waals surface area contributed by atoms with E-state index in [9.17, 15) is 44.7 Å². The van der Waals surface area contributed by atoms with Gasteiger partial charge in [0.2, 0.25) is 12.1 Å². The molecule has 2 aliphatic heterocycles. The second-order valence-corrected chi connectivity index (χ2v) is 16.5. The largest absolute Gasteiger partial charge is 0.507 e. The summed E-state index contributed by atoms with van der Waals surface area (Å²) in [6.45, 7) is -1.23. The molecule has 2 aromatic carbocycles. The fourth-order valence-corrected chi connectivity index (χ4v) is 9.31. The summed E-state index contributed by atoms with van der Waals surface area (Å²) < 4.78 is 17.6. The number of aromatic nitrogens is 2. The number of rotatable bonds is 12. The lowest BCUT2D eigenvalue weighted by Crippen LogP contribution is -2.68. The van der Waals surface area contributed by atoms with Crippen LogP contribution in [0.3, 0.4) is 0 Å². The predicted octanol–water partition coefficient (Wildman–Crippen LogP) is 0.474. The van der Waals surface area contributed by atoms with Crippen molar-refractivity contribution in [3.8, 4) is 17.2 Å². The summed E-state index contributed by atoms with van der Waals surface area (Å²) in [6, 6.07) is 10.1. The number of fused-ring (bicyclic) bond motifs is 3. The second-order valence-electron chi connectivity index (χ2n) is 16.5. The fraction of sp³-hybridized carbons (Fsp3) is 0.356. The highest BCUT2D eigenvalue weighted by atomic mass is 16.7. The van der Waals surface area contributed by atoms with Gasteiger partial charge < -0.3 is 62.3 Å². The number of phenolic OH excluding ortho intramolecular Hbond substituents is 1. The van der Waals surface area contributed by atoms with Crippen LogP contribution in [0.1, 0.15) is 91.2 Å². The van der Waals surface area contributed by atoms with Crippen molar-refractivity contribution >= 4 is 41.0 Å². The molecule has 340 valence electrons. The molecule has 8 atom stereocenters. The first-order chi connectivity index (χ1) is 31.1. The van der Waals surface area contributed by atoms with Gasteiger partial charge in [0, 0.05) is 66.8 Å². The zero-order valence-corrected chi connectivity index (χ0v) is 35.2. The van der Waals surface area contributed by atoms with E-state index in [1.165, 1.54) is 44.6 Å². The van der Waals surface area contributed by atoms with Crippen LogP contribution in [-0.4, -0.2) is 127 Å². The zero-order valence-electron chi connectivity index (χ0n) is 35.2. The number of carbonyl (C=O) groups is 4. The molecule has 2 aromatic heterocycles. The number of imide groups is 1. The van der Waals surface area contributed by atoms with Gasteiger partial charge >= 0.3 is 0 Å². The number of nitrogens with two attached hydrogens (primary N) is 3. The molecule has 12 N–H and O–H groups in total. The molecule has 2 aliphatic carbocycles. The number of benzene rings is 2. The molecular formula is C45H48N8O12. The van der Waals surface area contributed by atoms with Crippen LogP contribution in [0, 0.1) is 0 Å². The summed E-state index contributed by atoms with van der Waals surface area (Å²) in [4.78, 5) is 67.8. The standard InChI is InChI=1S/C45H48N8O12/c1-49-44(48)52-28-5-4-22(11-20-3-6-31(46)51-17-20)25-15-27-37(39(58)35(25)28)40(59)36-26(38(27)57)13-24(63-2)14-29(36)64-43-41(60)42(61)45(62,30(19-54)65-43)16-23(21-9-10-50-32(47)12-21)18-53-33(55)7-8-34(53)56/h3,6-10,12-15,17,22-23,28,30,41-43,54,58,60-62H,4-5,11,16,18-19H2,1-2H3,(H2,46,51)(H2,47,50)(H3,48,49,52)/t22-,23-,28+,30-,41-,42-,43-,45-/m1/s1. The molecule has 2 amide bonds. The summed E-state index contributed by atoms with van der Waals surface area (Å²) in [5.74, 6) is -4.12. The molecule has 4 aromatic rings. The number of ether oxygens (including phenoxy) is 3. The minimum absolute atomic E-state index is 0.0545. The summed E-state index contributed by atoms with van der Waals surface area (Å²) in [5.41, 5.74) is 16.7. The lowest BCUT2D eigenvalue weighted by atomic mass is 9.72. The number of pyridine rings is 2. The lowest BCUT2D eigenvalue weighted by Gasteiger charge is -2.49. The molecule has 1 saturated heterocycles. The number of aliphatic hydroxyl groups is 4. The molecule has 20 heteroatoms. The number of ketones is 2. The average Bonchev–Trinajstić information content (AvgIpc) is 3.61. The van der Waals surface area contributed by atoms with Gasteiger partial charge in [0.25, 0.3) is 11.8 Å². The molecule has 20 nitrogen and oxygen atoms in total. The highest BCUT2D eigenvalue weighted by Crippen LogP contribution is 2.49. The number of anilines is 2. The Balaban J connectivity index is 1.14. The van der Waals surface area contributed by atoms with Crippen molar-refractivity contribution in [3.63, 3.8) is 0 Å². The average molecular weight is 893 g/mol. The van der Waals surface area contributed by atoms with Crippen LogP contribution in [0.2, 0.25) is 0 Å². The third-order valence-electron chi connectivity index (χ3n) is 12.6. The Morgan fingerprint density at radius 1 is 1.00 bits per heavy atom. The quantitative estimate of drug-likeness (QED) is 0.0467. The zero-order chi connectivity index (χ0) is 46.5. The molecule has 1 fully saturated rings. The van der Waals surface area contributed by atoms with Crippen LogP contribution in [0.5, 0.6) is 17.2 Å². The van der Waals surface area contributed by atoms with Crippen molar-refractivity contribution in [1.82, 2.24) is 20.2 Å². The minimum Gasteiger partial charge on any atom is -0.507 e. The lowest BCUT2D eigenvalue weighted by molar-refractivity contribution is -0.315. The van der Waals surface area contributed by atoms with Gasteiger partial charge in [0.15, 0.2) is 11.7 Å². The number of methoxy groups -OCH3 is 1. The van der Waals surface area contributed by atoms with Crippen molar-refractivity contribution in [2.24, 2.45) is 10.7 Å². The van der Waals surface area contributed by atoms with Crippen LogP contribution in [0.25, 0.3) is 0 Å². The third kappa shape index (κ3) is 8.10. The second kappa shape index (κ2) is 17.5. The molecular weight excluding hydrogens is 845 g/mol. The number of phenols is 1. The van der Waals surface area contributed by atoms with Gasteiger partial charge in [-0.3, -0.25) is 29.1 Å². The van der Waals surface area contributed by atoms with Gasteiger partial charge in [0.1, 0.15) is 52.8 Å². The van der Waals surface area contributed by atoms with Crippen LogP contribution >= 0.6 is 0 Å². The maximum atomic E-state index is 14.8. The summed E-state index contributed by atoms with van der Waals surface area (Å²) in [6.07, 6.45) is -1.54. The van der Waals surface area contributed by atoms with E-state index in [0.717, 1.165) is 22.6 Å². The van der Waals surface area contributed by atoms with Gasteiger partial charge in [-0.25, -0.2) is 9.97 Å². The number of amides is 2. The van der Waals surface area contributed by atoms with Gasteiger partial charge in [-0.2, -0.15) is 0 Å². The Morgan fingerprint density at radius 3 is 2.40 bits per heavy atom. The molecule has 65 heavy (non-hydrogen) atoms. The van der Waals surface area contributed by atoms with E-state index < -0.39 is 84.3 Å². The monoisotopic (exact) mass is 892 g/mol. The number of aliphatic hydroxyl groups excluding tert-OH is 3. The number of aliphatic imine (C=N–C) groups is 1. The molecule has 0 spiro atoms. The molecule has 4 heterocycles. The Labute approximate surface area is 371 Å². The first-order valence-electron chi connectivity index (χ1n) is 20.7. The van der Waals surface area contributed by atoms with Crippen LogP contribution < -0.4 is 32.0 Å². The highest BCUT2D eigenvalue weighted by Gasteiger charge is 2.57. The summed E-state index contributed by atoms with van der Waals surface area (Å²) in [5, 5.41) is 61.5. The number of carbonyl (C=O) groups excluding carboxylic acids is 4. The van der Waals surface area contributed by atoms with Gasteiger partial charge in [-0.15, -0.1) is 0 Å². The minimum atomic E-state index is -2.46. The Morgan fingerprint density at radius 2 is 1.74 bits per heavy atom. The predicted molar refractivity (Wildman–Crippen MR) is 231 cm³/mol. The highest BCUT2D eigenvalue weighted by molar-refractivity contribution is 6.30. The number of nitrogens with one attached hydrogen (secondary N) is 1. The van der Waals surface area contributed by atoms with Gasteiger partial charge in [0.05, 0.1) is 30.9 Å². The number of hydrogen-bond donors (Lipinski definition) is 9. The molecule has 0 saturated carbocycles. The van der Waals surface area contributed by atoms with E-state index in [1.807, 2.05) is 6.07 Å². The SMILES string of the molecule is CN=C(N)N[C@H]1CC[C@H](Cc2ccc(N)nc2)c2cc3c(c(O)c21)C(=O)c1c(O[C@@H]2O[C@H](CO)[C@](O)(C[C@H](CN4C(=O)C=CC4=O)c4ccnc(N)c4)[C@H](O)[C@H]2O)cc(OC)cc1C3=O. The van der Waals surface area contributed by atoms with E-state index in [4.69, 9.17) is 31.4 Å². The number of nitrogen functional groups attached to an aromatic ring is 2. The fourth-order valence-electron chi connectivity index (χ4n) is 9.31. The van der Waals surface area contributed by atoms with Crippen molar-refractivity contribution in [2.75, 3.05) is 38.8 Å². The number of guanidine groups is 1. The maximum absolute atomic E-state index is 14.8. The number of nitrogens with zero attached hydrogens (tertiary/aromatic N) is 4. The van der Waals surface area contributed by atoms with Crippen LogP contribution in [0.15, 0.2) is 72.0 Å². The van der Waals surface area contributed by atoms with Crippen molar-refractivity contribution in [2.45, 2.75) is 73.8 Å². The van der Waals surface area contributed by atoms with E-state index >= 15 is 0 Å². The third-order valence-corrected chi connectivity index (χ3v) is 12.6. The van der Waals surface area contributed by atoms with E-state index in [2.05, 4.69) is 20.3 Å². The smallest absolute Gasteiger partial charge is 0.253 e. The molecule has 0 unspecified atom stereocenters. The van der Waals surface area contributed by atoms with E-state index in [-0.39, 0.29) is 58.0 Å². The molecule has 0 radical (unpaired) electrons. The Hall–Kier alpha value is -6.97. The number of aromatic hydroxyl groups is 1. The van der Waals surface area contributed by atoms with Crippen LogP contribution in [-0.2, 0) is 20.7 Å². The van der Waals surface area contributed by atoms with Gasteiger partial charge in [-0.1, -0.05) is 6.07 Å². The van der Waals surface area contributed by atoms with Crippen molar-refractivity contribution < 1.29 is 58.9 Å². The Kier molecular flexibility index (Phi) is 12.0. The molecule has 8 rings (SSSR count). The first kappa shape index (κ1) is 44.6. The summed E-state index contributed by atoms with van der Waals surface area (Å²) in [7, 11) is 2.81. The first-order valence-corrected chi connectivity index (χ1v) is 20.7. The summed E-state index contributed by atoms with van der Waals surface area (Å²) >= 11 is 0. The van der Waals surface area contributed by atoms with E-state index in [1.54, 1.807) is 18.3 Å². The number of hydrogen-bond acceptors (Lipinski definition) is 17. The Bertz CT molecular complexity index is 2620. The maximum Gasteiger partial charge on any atom is 0.253 e. The van der Waals surface area contributed by atoms with Crippen molar-refractivity contribution in [1.29, 1.82) is 0 Å². The van der Waals surface area contributed by atoms with Crippen molar-refractivity contribution in [3.05, 3.63) is 112 Å². The molecule has 4 aliphatic rings. The normalized spacial score (nSPS) is 25.5. The van der Waals surface area contributed by atoms with E-state index in [0.29, 0.717) is 41.8 Å². The van der Waals surface area contributed by atoms with Crippen LogP contribution in [0.4, 0.5) is 11.6 Å². The topological polar surface area (TPSA) is 329 Å².